The number of nitrogen functional groups attached to an aromatic ring is 1. The third-order valence-electron chi connectivity index (χ3n) is 8.05. The number of nitrogens with two attached hydrogens (primary N) is 1. The quantitative estimate of drug-likeness (QED) is 0.663. The number of fused-ring (bicyclic) bond motifs is 1. The molecule has 0 unspecified atom stereocenters. The van der Waals surface area contributed by atoms with E-state index in [1.165, 1.54) is 25.1 Å². The van der Waals surface area contributed by atoms with Crippen molar-refractivity contribution in [1.82, 2.24) is 25.0 Å². The molecule has 4 aliphatic rings. The summed E-state index contributed by atoms with van der Waals surface area (Å²) in [7, 11) is 0. The number of pyridine rings is 1. The van der Waals surface area contributed by atoms with E-state index in [-0.39, 0.29) is 17.5 Å². The van der Waals surface area contributed by atoms with E-state index >= 15 is 0 Å². The smallest absolute Gasteiger partial charge is 0.402 e. The van der Waals surface area contributed by atoms with Gasteiger partial charge in [0.25, 0.3) is 0 Å². The largest absolute Gasteiger partial charge is 0.573 e. The zero-order valence-corrected chi connectivity index (χ0v) is 19.9. The summed E-state index contributed by atoms with van der Waals surface area (Å²) in [6.45, 7) is 8.82. The van der Waals surface area contributed by atoms with Crippen molar-refractivity contribution in [3.8, 4) is 17.0 Å². The third-order valence-corrected chi connectivity index (χ3v) is 8.05. The van der Waals surface area contributed by atoms with Gasteiger partial charge in [-0.25, -0.2) is 4.98 Å². The molecule has 0 bridgehead atoms. The molecular weight excluding hydrogens is 461 g/mol. The van der Waals surface area contributed by atoms with Gasteiger partial charge in [-0.1, -0.05) is 0 Å². The fourth-order valence-corrected chi connectivity index (χ4v) is 6.43. The molecule has 4 fully saturated rings. The summed E-state index contributed by atoms with van der Waals surface area (Å²) in [5.74, 6) is 0.867. The van der Waals surface area contributed by atoms with Gasteiger partial charge < -0.3 is 20.5 Å². The molecule has 0 radical (unpaired) electrons. The van der Waals surface area contributed by atoms with E-state index in [0.29, 0.717) is 35.1 Å². The van der Waals surface area contributed by atoms with Gasteiger partial charge in [-0.05, 0) is 50.7 Å². The molecular formula is C24H31F3N6O2. The normalized spacial score (nSPS) is 29.9. The van der Waals surface area contributed by atoms with E-state index < -0.39 is 12.1 Å². The van der Waals surface area contributed by atoms with E-state index in [0.717, 1.165) is 38.5 Å². The highest BCUT2D eigenvalue weighted by Crippen LogP contribution is 2.64. The summed E-state index contributed by atoms with van der Waals surface area (Å²) in [4.78, 5) is 6.48. The summed E-state index contributed by atoms with van der Waals surface area (Å²) >= 11 is 0. The second-order valence-electron chi connectivity index (χ2n) is 10.7. The Bertz CT molecular complexity index is 1090. The molecule has 3 N–H and O–H groups in total. The van der Waals surface area contributed by atoms with Crippen molar-refractivity contribution in [2.45, 2.75) is 56.7 Å². The van der Waals surface area contributed by atoms with E-state index in [2.05, 4.69) is 33.8 Å². The molecule has 2 saturated heterocycles. The van der Waals surface area contributed by atoms with Crippen LogP contribution in [0.25, 0.3) is 11.3 Å². The summed E-state index contributed by atoms with van der Waals surface area (Å²) < 4.78 is 50.4. The zero-order valence-electron chi connectivity index (χ0n) is 19.9. The molecule has 11 heteroatoms. The molecule has 4 atom stereocenters. The predicted octanol–water partition coefficient (Wildman–Crippen LogP) is 3.17. The lowest BCUT2D eigenvalue weighted by Crippen LogP contribution is -2.71. The molecule has 2 aromatic rings. The van der Waals surface area contributed by atoms with E-state index in [4.69, 9.17) is 15.6 Å². The van der Waals surface area contributed by atoms with Crippen LogP contribution < -0.4 is 15.8 Å². The van der Waals surface area contributed by atoms with Crippen molar-refractivity contribution in [3.63, 3.8) is 0 Å². The first-order valence-electron chi connectivity index (χ1n) is 12.3. The number of rotatable bonds is 5. The molecule has 0 amide bonds. The summed E-state index contributed by atoms with van der Waals surface area (Å²) in [6, 6.07) is 4.01. The van der Waals surface area contributed by atoms with Crippen LogP contribution in [0.2, 0.25) is 0 Å². The summed E-state index contributed by atoms with van der Waals surface area (Å²) in [6.07, 6.45) is -1.05. The first-order valence-corrected chi connectivity index (χ1v) is 12.3. The fourth-order valence-electron chi connectivity index (χ4n) is 6.43. The number of halogens is 3. The van der Waals surface area contributed by atoms with Crippen molar-refractivity contribution < 1.29 is 22.6 Å². The number of anilines is 1. The van der Waals surface area contributed by atoms with Gasteiger partial charge in [-0.2, -0.15) is 5.10 Å². The Balaban J connectivity index is 1.16. The Morgan fingerprint density at radius 2 is 1.97 bits per heavy atom. The lowest BCUT2D eigenvalue weighted by molar-refractivity contribution is -0.274. The van der Waals surface area contributed by atoms with Crippen LogP contribution in [-0.4, -0.2) is 70.5 Å². The Kier molecular flexibility index (Phi) is 5.32. The highest BCUT2D eigenvalue weighted by atomic mass is 19.4. The number of ether oxygens (including phenoxy) is 2. The maximum atomic E-state index is 12.8. The lowest BCUT2D eigenvalue weighted by atomic mass is 9.89. The van der Waals surface area contributed by atoms with Crippen LogP contribution in [0.5, 0.6) is 5.75 Å². The maximum absolute atomic E-state index is 12.8. The molecule has 1 spiro atoms. The Morgan fingerprint density at radius 1 is 1.23 bits per heavy atom. The van der Waals surface area contributed by atoms with E-state index in [1.807, 2.05) is 10.7 Å². The second-order valence-corrected chi connectivity index (χ2v) is 10.7. The first-order chi connectivity index (χ1) is 16.6. The highest BCUT2D eigenvalue weighted by molar-refractivity contribution is 5.64. The van der Waals surface area contributed by atoms with Gasteiger partial charge >= 0.3 is 6.36 Å². The number of alkyl halides is 3. The van der Waals surface area contributed by atoms with Gasteiger partial charge in [0, 0.05) is 61.6 Å². The van der Waals surface area contributed by atoms with Crippen molar-refractivity contribution in [1.29, 1.82) is 0 Å². The van der Waals surface area contributed by atoms with Crippen molar-refractivity contribution in [3.05, 3.63) is 24.0 Å². The molecule has 6 rings (SSSR count). The van der Waals surface area contributed by atoms with Crippen molar-refractivity contribution >= 4 is 5.82 Å². The highest BCUT2D eigenvalue weighted by Gasteiger charge is 2.60. The zero-order chi connectivity index (χ0) is 24.5. The van der Waals surface area contributed by atoms with Gasteiger partial charge in [0.05, 0.1) is 12.3 Å². The average Bonchev–Trinajstić information content (AvgIpc) is 3.13. The summed E-state index contributed by atoms with van der Waals surface area (Å²) in [5.41, 5.74) is 7.80. The summed E-state index contributed by atoms with van der Waals surface area (Å²) in [5, 5.41) is 8.19. The minimum Gasteiger partial charge on any atom is -0.402 e. The molecule has 0 aromatic carbocycles. The number of nitrogens with one attached hydrogen (secondary N) is 1. The molecule has 2 saturated carbocycles. The minimum absolute atomic E-state index is 0.0113. The fraction of sp³-hybridized carbons (Fsp3) is 0.667. The topological polar surface area (TPSA) is 90.5 Å². The number of hydrogen-bond donors (Lipinski definition) is 2. The SMILES string of the molecule is CC(C)n1nc(-c2cnc(N)c(OC(F)(F)F)c2)cc1[C@H]1[C@@H]2C[C@H](N3CC4(CNCCO4)C3)C[C@@H]21. The van der Waals surface area contributed by atoms with E-state index in [1.54, 1.807) is 0 Å². The average molecular weight is 493 g/mol. The van der Waals surface area contributed by atoms with Gasteiger partial charge in [0.1, 0.15) is 5.60 Å². The maximum Gasteiger partial charge on any atom is 0.573 e. The lowest BCUT2D eigenvalue weighted by Gasteiger charge is -2.54. The van der Waals surface area contributed by atoms with Crippen LogP contribution in [0.4, 0.5) is 19.0 Å². The van der Waals surface area contributed by atoms with Crippen LogP contribution in [-0.2, 0) is 4.74 Å². The van der Waals surface area contributed by atoms with Crippen LogP contribution in [0.1, 0.15) is 44.3 Å². The second kappa shape index (κ2) is 8.07. The van der Waals surface area contributed by atoms with Gasteiger partial charge in [-0.15, -0.1) is 13.2 Å². The Morgan fingerprint density at radius 3 is 2.60 bits per heavy atom. The third kappa shape index (κ3) is 4.17. The molecule has 2 aliphatic carbocycles. The number of hydrogen-bond acceptors (Lipinski definition) is 7. The van der Waals surface area contributed by atoms with Gasteiger partial charge in [0.2, 0.25) is 0 Å². The molecule has 8 nitrogen and oxygen atoms in total. The van der Waals surface area contributed by atoms with Crippen molar-refractivity contribution in [2.75, 3.05) is 38.5 Å². The molecule has 35 heavy (non-hydrogen) atoms. The van der Waals surface area contributed by atoms with Crippen LogP contribution in [0.15, 0.2) is 18.3 Å². The minimum atomic E-state index is -4.84. The molecule has 2 aromatic heterocycles. The molecule has 190 valence electrons. The monoisotopic (exact) mass is 492 g/mol. The van der Waals surface area contributed by atoms with Crippen molar-refractivity contribution in [2.24, 2.45) is 11.8 Å². The van der Waals surface area contributed by atoms with E-state index in [9.17, 15) is 13.2 Å². The molecule has 4 heterocycles. The predicted molar refractivity (Wildman–Crippen MR) is 123 cm³/mol. The van der Waals surface area contributed by atoms with Crippen LogP contribution >= 0.6 is 0 Å². The number of aromatic nitrogens is 3. The number of morpholine rings is 1. The Labute approximate surface area is 202 Å². The molecule has 2 aliphatic heterocycles. The van der Waals surface area contributed by atoms with Crippen LogP contribution in [0, 0.1) is 11.8 Å². The first kappa shape index (κ1) is 23.1. The number of nitrogens with zero attached hydrogens (tertiary/aromatic N) is 4. The van der Waals surface area contributed by atoms with Gasteiger partial charge in [-0.3, -0.25) is 9.58 Å². The number of likely N-dealkylation sites (tertiary alicyclic amines) is 1. The van der Waals surface area contributed by atoms with Crippen LogP contribution in [0.3, 0.4) is 0 Å². The standard InChI is InChI=1S/C24H31F3N6O2/c1-13(2)33-19(8-18(31-33)14-5-20(22(28)30-9-14)35-24(25,26)27)21-16-6-15(7-17(16)21)32-11-23(12-32)10-29-3-4-34-23/h5,8-9,13,15-17,21,29H,3-4,6-7,10-12H2,1-2H3,(H2,28,30)/t15-,16+,17-,21-. The Hall–Kier alpha value is -2.37. The van der Waals surface area contributed by atoms with Gasteiger partial charge in [0.15, 0.2) is 11.6 Å².